The number of ether oxygens (including phenoxy) is 2. The van der Waals surface area contributed by atoms with E-state index in [1.54, 1.807) is 18.2 Å². The van der Waals surface area contributed by atoms with Crippen molar-refractivity contribution in [2.24, 2.45) is 0 Å². The van der Waals surface area contributed by atoms with Gasteiger partial charge in [0, 0.05) is 0 Å². The molecule has 3 aromatic carbocycles. The molecule has 5 rings (SSSR count). The van der Waals surface area contributed by atoms with Crippen LogP contribution < -0.4 is 16.0 Å². The molecule has 1 fully saturated rings. The SMILES string of the molecule is Nc1nc2cc(-c3ccc(OC(F)(F)F)cc3)ccc2c(=O)n1CC1CCC(Cc2ccccc2)O1. The van der Waals surface area contributed by atoms with Crippen molar-refractivity contribution in [2.75, 3.05) is 5.73 Å². The van der Waals surface area contributed by atoms with E-state index in [0.29, 0.717) is 28.6 Å². The van der Waals surface area contributed by atoms with E-state index in [-0.39, 0.29) is 29.5 Å². The number of nitrogens with two attached hydrogens (primary N) is 1. The van der Waals surface area contributed by atoms with E-state index in [0.717, 1.165) is 19.3 Å². The summed E-state index contributed by atoms with van der Waals surface area (Å²) in [6.45, 7) is 0.321. The summed E-state index contributed by atoms with van der Waals surface area (Å²) >= 11 is 0. The maximum atomic E-state index is 13.2. The molecule has 0 spiro atoms. The molecule has 2 atom stereocenters. The van der Waals surface area contributed by atoms with Gasteiger partial charge in [0.25, 0.3) is 5.56 Å². The first-order chi connectivity index (χ1) is 17.2. The van der Waals surface area contributed by atoms with Gasteiger partial charge in [-0.25, -0.2) is 4.98 Å². The molecule has 1 saturated heterocycles. The zero-order chi connectivity index (χ0) is 25.3. The van der Waals surface area contributed by atoms with Crippen LogP contribution in [0.25, 0.3) is 22.0 Å². The van der Waals surface area contributed by atoms with E-state index >= 15 is 0 Å². The molecule has 1 aliphatic heterocycles. The number of aromatic nitrogens is 2. The van der Waals surface area contributed by atoms with Gasteiger partial charge < -0.3 is 15.2 Å². The second-order valence-electron chi connectivity index (χ2n) is 8.84. The fourth-order valence-electron chi connectivity index (χ4n) is 4.59. The molecule has 0 saturated carbocycles. The minimum absolute atomic E-state index is 0.0914. The van der Waals surface area contributed by atoms with Gasteiger partial charge in [0.05, 0.1) is 29.7 Å². The van der Waals surface area contributed by atoms with E-state index in [2.05, 4.69) is 21.9 Å². The maximum absolute atomic E-state index is 13.2. The lowest BCUT2D eigenvalue weighted by molar-refractivity contribution is -0.274. The molecule has 0 amide bonds. The second kappa shape index (κ2) is 9.66. The van der Waals surface area contributed by atoms with Crippen LogP contribution in [0.4, 0.5) is 19.1 Å². The average molecular weight is 496 g/mol. The molecule has 0 bridgehead atoms. The van der Waals surface area contributed by atoms with Crippen LogP contribution in [0.3, 0.4) is 0 Å². The van der Waals surface area contributed by atoms with Gasteiger partial charge in [0.2, 0.25) is 5.95 Å². The van der Waals surface area contributed by atoms with Gasteiger partial charge in [-0.2, -0.15) is 0 Å². The smallest absolute Gasteiger partial charge is 0.406 e. The van der Waals surface area contributed by atoms with E-state index in [4.69, 9.17) is 10.5 Å². The van der Waals surface area contributed by atoms with Crippen LogP contribution in [0, 0.1) is 0 Å². The Balaban J connectivity index is 1.32. The lowest BCUT2D eigenvalue weighted by atomic mass is 10.0. The molecule has 2 unspecified atom stereocenters. The fraction of sp³-hybridized carbons (Fsp3) is 0.259. The Kier molecular flexibility index (Phi) is 6.40. The molecule has 6 nitrogen and oxygen atoms in total. The van der Waals surface area contributed by atoms with Gasteiger partial charge in [-0.1, -0.05) is 48.5 Å². The minimum Gasteiger partial charge on any atom is -0.406 e. The number of nitrogen functional groups attached to an aromatic ring is 1. The number of anilines is 1. The van der Waals surface area contributed by atoms with E-state index in [1.807, 2.05) is 18.2 Å². The normalized spacial score (nSPS) is 18.0. The van der Waals surface area contributed by atoms with Crippen molar-refractivity contribution in [2.45, 2.75) is 44.4 Å². The summed E-state index contributed by atoms with van der Waals surface area (Å²) in [6, 6.07) is 20.7. The van der Waals surface area contributed by atoms with Gasteiger partial charge in [-0.3, -0.25) is 9.36 Å². The van der Waals surface area contributed by atoms with Crippen molar-refractivity contribution in [3.8, 4) is 16.9 Å². The molecule has 9 heteroatoms. The summed E-state index contributed by atoms with van der Waals surface area (Å²) in [4.78, 5) is 17.6. The van der Waals surface area contributed by atoms with Crippen LogP contribution in [0.1, 0.15) is 18.4 Å². The second-order valence-corrected chi connectivity index (χ2v) is 8.84. The van der Waals surface area contributed by atoms with Gasteiger partial charge in [-0.05, 0) is 60.2 Å². The lowest BCUT2D eigenvalue weighted by Gasteiger charge is -2.17. The largest absolute Gasteiger partial charge is 0.573 e. The molecule has 186 valence electrons. The Labute approximate surface area is 205 Å². The third-order valence-corrected chi connectivity index (χ3v) is 6.29. The third kappa shape index (κ3) is 5.36. The van der Waals surface area contributed by atoms with Gasteiger partial charge >= 0.3 is 6.36 Å². The number of hydrogen-bond acceptors (Lipinski definition) is 5. The molecule has 0 aliphatic carbocycles. The first kappa shape index (κ1) is 23.9. The molecular weight excluding hydrogens is 471 g/mol. The van der Waals surface area contributed by atoms with Crippen molar-refractivity contribution in [3.05, 3.63) is 88.7 Å². The average Bonchev–Trinajstić information content (AvgIpc) is 3.28. The monoisotopic (exact) mass is 495 g/mol. The Hall–Kier alpha value is -3.85. The van der Waals surface area contributed by atoms with Gasteiger partial charge in [-0.15, -0.1) is 13.2 Å². The van der Waals surface area contributed by atoms with Gasteiger partial charge in [0.15, 0.2) is 0 Å². The fourth-order valence-corrected chi connectivity index (χ4v) is 4.59. The van der Waals surface area contributed by atoms with Crippen molar-refractivity contribution >= 4 is 16.9 Å². The van der Waals surface area contributed by atoms with Crippen LogP contribution in [-0.2, 0) is 17.7 Å². The molecule has 2 heterocycles. The van der Waals surface area contributed by atoms with Crippen molar-refractivity contribution in [3.63, 3.8) is 0 Å². The van der Waals surface area contributed by atoms with Crippen molar-refractivity contribution in [1.82, 2.24) is 9.55 Å². The summed E-state index contributed by atoms with van der Waals surface area (Å²) < 4.78 is 48.7. The predicted octanol–water partition coefficient (Wildman–Crippen LogP) is 5.33. The number of rotatable bonds is 6. The first-order valence-electron chi connectivity index (χ1n) is 11.6. The molecule has 0 radical (unpaired) electrons. The predicted molar refractivity (Wildman–Crippen MR) is 131 cm³/mol. The van der Waals surface area contributed by atoms with Crippen LogP contribution in [0.2, 0.25) is 0 Å². The number of halogens is 3. The standard InChI is InChI=1S/C27H24F3N3O3/c28-27(29,30)36-20-9-6-18(7-10-20)19-8-13-23-24(15-19)32-26(31)33(25(23)34)16-22-12-11-21(35-22)14-17-4-2-1-3-5-17/h1-10,13,15,21-22H,11-12,14,16H2,(H2,31,32). The highest BCUT2D eigenvalue weighted by molar-refractivity contribution is 5.84. The van der Waals surface area contributed by atoms with Crippen molar-refractivity contribution in [1.29, 1.82) is 0 Å². The summed E-state index contributed by atoms with van der Waals surface area (Å²) in [5.74, 6) is -0.217. The highest BCUT2D eigenvalue weighted by Crippen LogP contribution is 2.28. The van der Waals surface area contributed by atoms with Crippen LogP contribution >= 0.6 is 0 Å². The van der Waals surface area contributed by atoms with Crippen molar-refractivity contribution < 1.29 is 22.6 Å². The quantitative estimate of drug-likeness (QED) is 0.391. The zero-order valence-electron chi connectivity index (χ0n) is 19.2. The highest BCUT2D eigenvalue weighted by Gasteiger charge is 2.31. The highest BCUT2D eigenvalue weighted by atomic mass is 19.4. The summed E-state index contributed by atoms with van der Waals surface area (Å²) in [6.07, 6.45) is -2.23. The van der Waals surface area contributed by atoms with E-state index < -0.39 is 6.36 Å². The Morgan fingerprint density at radius 2 is 1.67 bits per heavy atom. The van der Waals surface area contributed by atoms with E-state index in [1.165, 1.54) is 34.4 Å². The third-order valence-electron chi connectivity index (χ3n) is 6.29. The lowest BCUT2D eigenvalue weighted by Crippen LogP contribution is -2.30. The molecule has 2 N–H and O–H groups in total. The molecule has 36 heavy (non-hydrogen) atoms. The number of fused-ring (bicyclic) bond motifs is 1. The number of nitrogens with zero attached hydrogens (tertiary/aromatic N) is 2. The van der Waals surface area contributed by atoms with Crippen LogP contribution in [0.15, 0.2) is 77.6 Å². The molecular formula is C27H24F3N3O3. The Morgan fingerprint density at radius 3 is 2.39 bits per heavy atom. The van der Waals surface area contributed by atoms with E-state index in [9.17, 15) is 18.0 Å². The molecule has 1 aromatic heterocycles. The molecule has 1 aliphatic rings. The number of hydrogen-bond donors (Lipinski definition) is 1. The topological polar surface area (TPSA) is 79.4 Å². The van der Waals surface area contributed by atoms with Crippen LogP contribution in [-0.4, -0.2) is 28.1 Å². The number of alkyl halides is 3. The Bertz CT molecular complexity index is 1420. The number of benzene rings is 3. The molecule has 4 aromatic rings. The summed E-state index contributed by atoms with van der Waals surface area (Å²) in [5.41, 5.74) is 8.88. The Morgan fingerprint density at radius 1 is 0.972 bits per heavy atom. The first-order valence-corrected chi connectivity index (χ1v) is 11.6. The summed E-state index contributed by atoms with van der Waals surface area (Å²) in [7, 11) is 0. The van der Waals surface area contributed by atoms with Crippen LogP contribution in [0.5, 0.6) is 5.75 Å². The summed E-state index contributed by atoms with van der Waals surface area (Å²) in [5, 5.41) is 0.406. The zero-order valence-corrected chi connectivity index (χ0v) is 19.2. The maximum Gasteiger partial charge on any atom is 0.573 e. The minimum atomic E-state index is -4.75. The van der Waals surface area contributed by atoms with Gasteiger partial charge in [0.1, 0.15) is 5.75 Å².